The summed E-state index contributed by atoms with van der Waals surface area (Å²) in [7, 11) is 0. The molecule has 5 nitrogen and oxygen atoms in total. The SMILES string of the molecule is C[C@H](CCc1ccccc1)NC(=O)c1cnc(OC2CCOCC2)c(Cl)c1. The van der Waals surface area contributed by atoms with Crippen molar-refractivity contribution in [3.05, 3.63) is 58.7 Å². The molecule has 0 spiro atoms. The number of hydrogen-bond acceptors (Lipinski definition) is 4. The largest absolute Gasteiger partial charge is 0.473 e. The molecule has 0 aliphatic carbocycles. The van der Waals surface area contributed by atoms with Crippen LogP contribution in [0.3, 0.4) is 0 Å². The van der Waals surface area contributed by atoms with Gasteiger partial charge in [-0.05, 0) is 31.4 Å². The van der Waals surface area contributed by atoms with Gasteiger partial charge in [0.05, 0.1) is 18.8 Å². The molecule has 0 unspecified atom stereocenters. The maximum absolute atomic E-state index is 12.5. The number of nitrogens with one attached hydrogen (secondary N) is 1. The second kappa shape index (κ2) is 9.72. The highest BCUT2D eigenvalue weighted by Gasteiger charge is 2.19. The van der Waals surface area contributed by atoms with Crippen LogP contribution >= 0.6 is 11.6 Å². The summed E-state index contributed by atoms with van der Waals surface area (Å²) in [6, 6.07) is 11.9. The Labute approximate surface area is 165 Å². The van der Waals surface area contributed by atoms with Crippen LogP contribution in [-0.4, -0.2) is 36.3 Å². The molecule has 1 fully saturated rings. The molecule has 1 aliphatic heterocycles. The number of halogens is 1. The molecular formula is C21H25ClN2O3. The van der Waals surface area contributed by atoms with E-state index in [0.717, 1.165) is 25.7 Å². The second-order valence-corrected chi connectivity index (χ2v) is 7.25. The van der Waals surface area contributed by atoms with E-state index in [2.05, 4.69) is 22.4 Å². The highest BCUT2D eigenvalue weighted by atomic mass is 35.5. The zero-order valence-electron chi connectivity index (χ0n) is 15.5. The van der Waals surface area contributed by atoms with Crippen molar-refractivity contribution in [2.75, 3.05) is 13.2 Å². The number of ether oxygens (including phenoxy) is 2. The first-order valence-corrected chi connectivity index (χ1v) is 9.74. The molecule has 27 heavy (non-hydrogen) atoms. The smallest absolute Gasteiger partial charge is 0.253 e. The molecule has 0 bridgehead atoms. The van der Waals surface area contributed by atoms with Crippen molar-refractivity contribution in [3.8, 4) is 5.88 Å². The van der Waals surface area contributed by atoms with E-state index >= 15 is 0 Å². The van der Waals surface area contributed by atoms with Crippen molar-refractivity contribution in [1.29, 1.82) is 0 Å². The van der Waals surface area contributed by atoms with Crippen LogP contribution in [0.2, 0.25) is 5.02 Å². The Morgan fingerprint density at radius 2 is 2.07 bits per heavy atom. The fraction of sp³-hybridized carbons (Fsp3) is 0.429. The molecule has 1 saturated heterocycles. The lowest BCUT2D eigenvalue weighted by atomic mass is 10.1. The van der Waals surface area contributed by atoms with Gasteiger partial charge in [-0.25, -0.2) is 4.98 Å². The molecule has 1 aromatic carbocycles. The number of carbonyl (C=O) groups is 1. The lowest BCUT2D eigenvalue weighted by molar-refractivity contribution is 0.0238. The zero-order chi connectivity index (χ0) is 19.1. The maximum atomic E-state index is 12.5. The summed E-state index contributed by atoms with van der Waals surface area (Å²) in [5.41, 5.74) is 1.70. The van der Waals surface area contributed by atoms with Gasteiger partial charge in [-0.2, -0.15) is 0 Å². The Hall–Kier alpha value is -2.11. The Morgan fingerprint density at radius 3 is 2.78 bits per heavy atom. The fourth-order valence-electron chi connectivity index (χ4n) is 3.00. The van der Waals surface area contributed by atoms with Crippen molar-refractivity contribution >= 4 is 17.5 Å². The van der Waals surface area contributed by atoms with E-state index in [0.29, 0.717) is 29.7 Å². The Kier molecular flexibility index (Phi) is 7.07. The Bertz CT molecular complexity index is 748. The molecule has 144 valence electrons. The predicted octanol–water partition coefficient (Wildman–Crippen LogP) is 4.04. The van der Waals surface area contributed by atoms with Crippen molar-refractivity contribution < 1.29 is 14.3 Å². The summed E-state index contributed by atoms with van der Waals surface area (Å²) >= 11 is 6.27. The molecule has 3 rings (SSSR count). The Morgan fingerprint density at radius 1 is 1.33 bits per heavy atom. The molecule has 0 saturated carbocycles. The minimum Gasteiger partial charge on any atom is -0.473 e. The average Bonchev–Trinajstić information content (AvgIpc) is 2.69. The fourth-order valence-corrected chi connectivity index (χ4v) is 3.21. The van der Waals surface area contributed by atoms with Crippen LogP contribution in [0, 0.1) is 0 Å². The van der Waals surface area contributed by atoms with E-state index in [4.69, 9.17) is 21.1 Å². The van der Waals surface area contributed by atoms with Crippen LogP contribution in [0.1, 0.15) is 42.1 Å². The number of aromatic nitrogens is 1. The number of amides is 1. The topological polar surface area (TPSA) is 60.5 Å². The van der Waals surface area contributed by atoms with Gasteiger partial charge in [0.25, 0.3) is 5.91 Å². The minimum atomic E-state index is -0.178. The third-order valence-electron chi connectivity index (χ3n) is 4.60. The van der Waals surface area contributed by atoms with Gasteiger partial charge in [-0.15, -0.1) is 0 Å². The number of nitrogens with zero attached hydrogens (tertiary/aromatic N) is 1. The van der Waals surface area contributed by atoms with Gasteiger partial charge in [0.15, 0.2) is 0 Å². The third-order valence-corrected chi connectivity index (χ3v) is 4.87. The van der Waals surface area contributed by atoms with E-state index in [-0.39, 0.29) is 18.1 Å². The van der Waals surface area contributed by atoms with Gasteiger partial charge in [-0.3, -0.25) is 4.79 Å². The number of aryl methyl sites for hydroxylation is 1. The van der Waals surface area contributed by atoms with Crippen LogP contribution in [0.4, 0.5) is 0 Å². The average molecular weight is 389 g/mol. The van der Waals surface area contributed by atoms with Gasteiger partial charge in [-0.1, -0.05) is 41.9 Å². The normalized spacial score (nSPS) is 15.9. The highest BCUT2D eigenvalue weighted by molar-refractivity contribution is 6.32. The van der Waals surface area contributed by atoms with Crippen molar-refractivity contribution in [2.45, 2.75) is 44.8 Å². The summed E-state index contributed by atoms with van der Waals surface area (Å²) in [5.74, 6) is 0.194. The third kappa shape index (κ3) is 5.94. The number of carbonyl (C=O) groups excluding carboxylic acids is 1. The summed E-state index contributed by atoms with van der Waals surface area (Å²) in [4.78, 5) is 16.7. The lowest BCUT2D eigenvalue weighted by Gasteiger charge is -2.23. The van der Waals surface area contributed by atoms with E-state index in [1.807, 2.05) is 25.1 Å². The number of rotatable bonds is 7. The minimum absolute atomic E-state index is 0.0506. The summed E-state index contributed by atoms with van der Waals surface area (Å²) in [6.07, 6.45) is 4.99. The van der Waals surface area contributed by atoms with E-state index in [9.17, 15) is 4.79 Å². The first-order chi connectivity index (χ1) is 13.1. The van der Waals surface area contributed by atoms with Crippen LogP contribution in [0.15, 0.2) is 42.6 Å². The maximum Gasteiger partial charge on any atom is 0.253 e. The van der Waals surface area contributed by atoms with Crippen LogP contribution < -0.4 is 10.1 Å². The van der Waals surface area contributed by atoms with E-state index in [1.165, 1.54) is 11.8 Å². The van der Waals surface area contributed by atoms with Gasteiger partial charge >= 0.3 is 0 Å². The summed E-state index contributed by atoms with van der Waals surface area (Å²) in [6.45, 7) is 3.37. The summed E-state index contributed by atoms with van der Waals surface area (Å²) in [5, 5.41) is 3.35. The predicted molar refractivity (Wildman–Crippen MR) is 105 cm³/mol. The molecule has 1 amide bonds. The molecular weight excluding hydrogens is 364 g/mol. The van der Waals surface area contributed by atoms with Crippen LogP contribution in [-0.2, 0) is 11.2 Å². The molecule has 1 aliphatic rings. The quantitative estimate of drug-likeness (QED) is 0.777. The Balaban J connectivity index is 1.52. The zero-order valence-corrected chi connectivity index (χ0v) is 16.2. The van der Waals surface area contributed by atoms with E-state index in [1.54, 1.807) is 6.07 Å². The standard InChI is InChI=1S/C21H25ClN2O3/c1-15(7-8-16-5-3-2-4-6-16)24-20(25)17-13-19(22)21(23-14-17)27-18-9-11-26-12-10-18/h2-6,13-15,18H,7-12H2,1H3,(H,24,25)/t15-/m1/s1. The van der Waals surface area contributed by atoms with Gasteiger partial charge < -0.3 is 14.8 Å². The van der Waals surface area contributed by atoms with Crippen LogP contribution in [0.5, 0.6) is 5.88 Å². The molecule has 1 atom stereocenters. The van der Waals surface area contributed by atoms with Gasteiger partial charge in [0.2, 0.25) is 5.88 Å². The monoisotopic (exact) mass is 388 g/mol. The molecule has 0 radical (unpaired) electrons. The first kappa shape index (κ1) is 19.6. The van der Waals surface area contributed by atoms with Crippen molar-refractivity contribution in [3.63, 3.8) is 0 Å². The lowest BCUT2D eigenvalue weighted by Crippen LogP contribution is -2.33. The number of hydrogen-bond donors (Lipinski definition) is 1. The molecule has 2 aromatic rings. The van der Waals surface area contributed by atoms with Gasteiger partial charge in [0.1, 0.15) is 11.1 Å². The van der Waals surface area contributed by atoms with Crippen molar-refractivity contribution in [2.24, 2.45) is 0 Å². The number of pyridine rings is 1. The van der Waals surface area contributed by atoms with Crippen molar-refractivity contribution in [1.82, 2.24) is 10.3 Å². The summed E-state index contributed by atoms with van der Waals surface area (Å²) < 4.78 is 11.2. The molecule has 1 aromatic heterocycles. The van der Waals surface area contributed by atoms with Gasteiger partial charge in [0, 0.05) is 25.1 Å². The van der Waals surface area contributed by atoms with E-state index < -0.39 is 0 Å². The molecule has 2 heterocycles. The first-order valence-electron chi connectivity index (χ1n) is 9.36. The molecule has 1 N–H and O–H groups in total. The number of benzene rings is 1. The highest BCUT2D eigenvalue weighted by Crippen LogP contribution is 2.25. The molecule has 6 heteroatoms. The second-order valence-electron chi connectivity index (χ2n) is 6.84. The van der Waals surface area contributed by atoms with Crippen LogP contribution in [0.25, 0.3) is 0 Å².